The van der Waals surface area contributed by atoms with Crippen LogP contribution in [0, 0.1) is 13.8 Å². The number of sulfonamides is 1. The molecule has 1 amide bonds. The number of amides is 1. The molecule has 0 bridgehead atoms. The number of hydrogen-bond donors (Lipinski definition) is 1. The molecule has 2 aromatic carbocycles. The highest BCUT2D eigenvalue weighted by Crippen LogP contribution is 2.34. The Bertz CT molecular complexity index is 1610. The van der Waals surface area contributed by atoms with Gasteiger partial charge in [0.2, 0.25) is 10.0 Å². The number of ether oxygens (including phenoxy) is 2. The van der Waals surface area contributed by atoms with E-state index in [-0.39, 0.29) is 5.91 Å². The van der Waals surface area contributed by atoms with Crippen LogP contribution in [0.2, 0.25) is 0 Å². The lowest BCUT2D eigenvalue weighted by molar-refractivity contribution is -0.122. The Balaban J connectivity index is 1.80. The number of nitrogens with one attached hydrogen (secondary N) is 1. The van der Waals surface area contributed by atoms with Crippen molar-refractivity contribution in [2.75, 3.05) is 32.3 Å². The Morgan fingerprint density at radius 3 is 2.69 bits per heavy atom. The fraction of sp³-hybridized carbons (Fsp3) is 0.370. The Kier molecular flexibility index (Phi) is 8.28. The van der Waals surface area contributed by atoms with Crippen molar-refractivity contribution in [2.24, 2.45) is 4.99 Å². The van der Waals surface area contributed by atoms with Gasteiger partial charge in [0.1, 0.15) is 5.75 Å². The molecule has 3 aromatic rings. The topological polar surface area (TPSA) is 119 Å². The van der Waals surface area contributed by atoms with Gasteiger partial charge in [0, 0.05) is 31.1 Å². The number of fused-ring (bicyclic) bond motifs is 1. The molecule has 0 saturated carbocycles. The first-order chi connectivity index (χ1) is 18.4. The quantitative estimate of drug-likeness (QED) is 0.410. The third-order valence-corrected chi connectivity index (χ3v) is 8.88. The van der Waals surface area contributed by atoms with Gasteiger partial charge in [-0.05, 0) is 68.7 Å². The zero-order chi connectivity index (χ0) is 28.5. The lowest BCUT2D eigenvalue weighted by Gasteiger charge is -2.23. The summed E-state index contributed by atoms with van der Waals surface area (Å²) in [6, 6.07) is 9.09. The number of hydrogen-bond acceptors (Lipinski definition) is 8. The number of aryl methyl sites for hydroxylation is 1. The maximum atomic E-state index is 12.2. The van der Waals surface area contributed by atoms with Crippen LogP contribution in [-0.2, 0) is 26.1 Å². The first-order valence-electron chi connectivity index (χ1n) is 12.3. The lowest BCUT2D eigenvalue weighted by atomic mass is 10.0. The number of rotatable bonds is 8. The minimum absolute atomic E-state index is 0.214. The normalized spacial score (nSPS) is 15.6. The van der Waals surface area contributed by atoms with Crippen LogP contribution in [0.15, 0.2) is 40.7 Å². The summed E-state index contributed by atoms with van der Waals surface area (Å²) in [5, 5.41) is 4.86. The Morgan fingerprint density at radius 2 is 2.00 bits per heavy atom. The first-order valence-corrected chi connectivity index (χ1v) is 15.1. The van der Waals surface area contributed by atoms with Crippen LogP contribution < -0.4 is 14.9 Å². The molecule has 0 saturated heterocycles. The largest absolute Gasteiger partial charge is 0.479 e. The zero-order valence-electron chi connectivity index (χ0n) is 22.8. The van der Waals surface area contributed by atoms with Crippen molar-refractivity contribution in [1.82, 2.24) is 8.87 Å². The molecule has 2 heterocycles. The minimum Gasteiger partial charge on any atom is -0.479 e. The van der Waals surface area contributed by atoms with E-state index >= 15 is 0 Å². The number of benzene rings is 2. The SMILES string of the molecule is COC(=O)c1cc(C)c(C)c(N=c2scc(-c3ccc4c(c3)NC(=O)C(C)O4)n2CCCN(C)S(C)(=O)=O)c1. The Morgan fingerprint density at radius 1 is 1.26 bits per heavy atom. The van der Waals surface area contributed by atoms with Gasteiger partial charge in [-0.15, -0.1) is 11.3 Å². The first kappa shape index (κ1) is 28.5. The molecule has 1 aliphatic heterocycles. The fourth-order valence-corrected chi connectivity index (χ4v) is 5.56. The van der Waals surface area contributed by atoms with E-state index in [1.807, 2.05) is 42.0 Å². The monoisotopic (exact) mass is 572 g/mol. The number of carbonyl (C=O) groups excluding carboxylic acids is 2. The summed E-state index contributed by atoms with van der Waals surface area (Å²) in [5.41, 5.74) is 5.19. The third-order valence-electron chi connectivity index (χ3n) is 6.70. The molecule has 1 atom stereocenters. The van der Waals surface area contributed by atoms with Crippen LogP contribution in [0.25, 0.3) is 11.3 Å². The number of thiazole rings is 1. The van der Waals surface area contributed by atoms with Crippen molar-refractivity contribution < 1.29 is 27.5 Å². The maximum Gasteiger partial charge on any atom is 0.337 e. The van der Waals surface area contributed by atoms with Gasteiger partial charge in [0.15, 0.2) is 10.9 Å². The second-order valence-electron chi connectivity index (χ2n) is 9.49. The molecule has 1 aliphatic rings. The zero-order valence-corrected chi connectivity index (χ0v) is 24.4. The summed E-state index contributed by atoms with van der Waals surface area (Å²) < 4.78 is 37.8. The van der Waals surface area contributed by atoms with Crippen molar-refractivity contribution in [3.8, 4) is 17.0 Å². The molecule has 1 aromatic heterocycles. The summed E-state index contributed by atoms with van der Waals surface area (Å²) in [6.07, 6.45) is 1.16. The van der Waals surface area contributed by atoms with E-state index in [1.54, 1.807) is 26.1 Å². The highest BCUT2D eigenvalue weighted by atomic mass is 32.2. The van der Waals surface area contributed by atoms with Crippen LogP contribution in [0.3, 0.4) is 0 Å². The number of esters is 1. The molecule has 10 nitrogen and oxygen atoms in total. The molecule has 0 spiro atoms. The standard InChI is InChI=1S/C27H32N4O6S2/c1-16-12-20(26(33)36-5)14-21(17(16)2)29-27-31(11-7-10-30(4)39(6,34)35)23(15-38-27)19-8-9-24-22(13-19)28-25(32)18(3)37-24/h8-9,12-15,18H,7,10-11H2,1-6H3,(H,28,32). The van der Waals surface area contributed by atoms with E-state index in [1.165, 1.54) is 29.0 Å². The highest BCUT2D eigenvalue weighted by molar-refractivity contribution is 7.88. The van der Waals surface area contributed by atoms with E-state index < -0.39 is 22.1 Å². The van der Waals surface area contributed by atoms with Crippen LogP contribution in [-0.4, -0.2) is 62.2 Å². The van der Waals surface area contributed by atoms with Crippen LogP contribution >= 0.6 is 11.3 Å². The van der Waals surface area contributed by atoms with Crippen molar-refractivity contribution in [3.63, 3.8) is 0 Å². The molecule has 39 heavy (non-hydrogen) atoms. The van der Waals surface area contributed by atoms with Gasteiger partial charge in [0.05, 0.1) is 36.0 Å². The van der Waals surface area contributed by atoms with Gasteiger partial charge in [0.25, 0.3) is 5.91 Å². The number of aromatic nitrogens is 1. The van der Waals surface area contributed by atoms with E-state index in [4.69, 9.17) is 14.5 Å². The average molecular weight is 573 g/mol. The molecule has 4 rings (SSSR count). The van der Waals surface area contributed by atoms with E-state index in [9.17, 15) is 18.0 Å². The molecule has 0 radical (unpaired) electrons. The minimum atomic E-state index is -3.31. The van der Waals surface area contributed by atoms with Gasteiger partial charge < -0.3 is 19.4 Å². The fourth-order valence-electron chi connectivity index (χ4n) is 4.15. The van der Waals surface area contributed by atoms with Gasteiger partial charge >= 0.3 is 5.97 Å². The summed E-state index contributed by atoms with van der Waals surface area (Å²) in [5.74, 6) is -0.0579. The van der Waals surface area contributed by atoms with Gasteiger partial charge in [-0.25, -0.2) is 22.5 Å². The molecule has 1 N–H and O–H groups in total. The molecule has 12 heteroatoms. The molecular weight excluding hydrogens is 540 g/mol. The molecular formula is C27H32N4O6S2. The number of anilines is 1. The summed E-state index contributed by atoms with van der Waals surface area (Å²) in [6.45, 7) is 6.38. The van der Waals surface area contributed by atoms with E-state index in [2.05, 4.69) is 5.32 Å². The second-order valence-corrected chi connectivity index (χ2v) is 12.4. The summed E-state index contributed by atoms with van der Waals surface area (Å²) in [7, 11) is -0.411. The smallest absolute Gasteiger partial charge is 0.337 e. The van der Waals surface area contributed by atoms with Crippen LogP contribution in [0.5, 0.6) is 5.75 Å². The van der Waals surface area contributed by atoms with E-state index in [0.29, 0.717) is 47.0 Å². The van der Waals surface area contributed by atoms with Crippen LogP contribution in [0.1, 0.15) is 34.8 Å². The molecule has 0 aliphatic carbocycles. The van der Waals surface area contributed by atoms with Gasteiger partial charge in [-0.1, -0.05) is 0 Å². The Hall–Kier alpha value is -3.48. The molecule has 0 fully saturated rings. The number of nitrogens with zero attached hydrogens (tertiary/aromatic N) is 3. The highest BCUT2D eigenvalue weighted by Gasteiger charge is 2.24. The number of methoxy groups -OCH3 is 1. The second kappa shape index (κ2) is 11.3. The van der Waals surface area contributed by atoms with Crippen molar-refractivity contribution >= 4 is 44.6 Å². The van der Waals surface area contributed by atoms with Crippen LogP contribution in [0.4, 0.5) is 11.4 Å². The van der Waals surface area contributed by atoms with Crippen molar-refractivity contribution in [1.29, 1.82) is 0 Å². The molecule has 208 valence electrons. The van der Waals surface area contributed by atoms with Crippen molar-refractivity contribution in [2.45, 2.75) is 39.8 Å². The summed E-state index contributed by atoms with van der Waals surface area (Å²) in [4.78, 5) is 30.0. The predicted molar refractivity (Wildman–Crippen MR) is 151 cm³/mol. The third kappa shape index (κ3) is 6.23. The van der Waals surface area contributed by atoms with Gasteiger partial charge in [-0.3, -0.25) is 4.79 Å². The maximum absolute atomic E-state index is 12.2. The van der Waals surface area contributed by atoms with Crippen molar-refractivity contribution in [3.05, 3.63) is 57.2 Å². The van der Waals surface area contributed by atoms with Gasteiger partial charge in [-0.2, -0.15) is 0 Å². The molecule has 1 unspecified atom stereocenters. The summed E-state index contributed by atoms with van der Waals surface area (Å²) >= 11 is 1.43. The lowest BCUT2D eigenvalue weighted by Crippen LogP contribution is -2.34. The Labute approximate surface area is 232 Å². The predicted octanol–water partition coefficient (Wildman–Crippen LogP) is 3.85. The number of carbonyl (C=O) groups is 2. The van der Waals surface area contributed by atoms with E-state index in [0.717, 1.165) is 22.4 Å². The average Bonchev–Trinajstić information content (AvgIpc) is 3.28.